The summed E-state index contributed by atoms with van der Waals surface area (Å²) in [5.74, 6) is 0.387. The third kappa shape index (κ3) is 3.06. The molecule has 1 aliphatic rings. The zero-order valence-electron chi connectivity index (χ0n) is 12.3. The number of aliphatic hydroxyl groups is 1. The molecular weight excluding hydrogens is 240 g/mol. The first-order valence-corrected chi connectivity index (χ1v) is 7.03. The molecule has 19 heavy (non-hydrogen) atoms. The lowest BCUT2D eigenvalue weighted by atomic mass is 9.69. The van der Waals surface area contributed by atoms with Crippen LogP contribution < -0.4 is 5.69 Å². The van der Waals surface area contributed by atoms with E-state index in [0.717, 1.165) is 18.5 Å². The highest BCUT2D eigenvalue weighted by atomic mass is 16.3. The Bertz CT molecular complexity index is 502. The fourth-order valence-electron chi connectivity index (χ4n) is 3.19. The fraction of sp³-hybridized carbons (Fsp3) is 0.733. The molecule has 1 heterocycles. The van der Waals surface area contributed by atoms with Gasteiger partial charge in [0.25, 0.3) is 0 Å². The zero-order chi connectivity index (χ0) is 14.2. The average Bonchev–Trinajstić information content (AvgIpc) is 2.27. The second-order valence-corrected chi connectivity index (χ2v) is 6.77. The molecule has 4 nitrogen and oxygen atoms in total. The van der Waals surface area contributed by atoms with Crippen molar-refractivity contribution in [3.05, 3.63) is 28.4 Å². The quantitative estimate of drug-likeness (QED) is 0.846. The molecule has 1 aliphatic carbocycles. The third-order valence-corrected chi connectivity index (χ3v) is 4.23. The van der Waals surface area contributed by atoms with Gasteiger partial charge in [0, 0.05) is 17.9 Å². The summed E-state index contributed by atoms with van der Waals surface area (Å²) in [6, 6.07) is 1.91. The highest BCUT2D eigenvalue weighted by Gasteiger charge is 2.38. The summed E-state index contributed by atoms with van der Waals surface area (Å²) < 4.78 is 1.71. The number of aryl methyl sites for hydroxylation is 1. The molecule has 0 saturated heterocycles. The lowest BCUT2D eigenvalue weighted by Gasteiger charge is -2.42. The van der Waals surface area contributed by atoms with Crippen LogP contribution in [0, 0.1) is 18.3 Å². The number of hydrogen-bond acceptors (Lipinski definition) is 3. The molecule has 0 aliphatic heterocycles. The fourth-order valence-corrected chi connectivity index (χ4v) is 3.19. The summed E-state index contributed by atoms with van der Waals surface area (Å²) in [6.07, 6.45) is 3.94. The maximum atomic E-state index is 12.1. The molecule has 0 bridgehead atoms. The monoisotopic (exact) mass is 264 g/mol. The molecule has 0 aromatic carbocycles. The van der Waals surface area contributed by atoms with Crippen LogP contribution in [0.15, 0.2) is 17.1 Å². The summed E-state index contributed by atoms with van der Waals surface area (Å²) >= 11 is 0. The molecule has 106 valence electrons. The van der Waals surface area contributed by atoms with Crippen molar-refractivity contribution in [3.8, 4) is 0 Å². The maximum absolute atomic E-state index is 12.1. The van der Waals surface area contributed by atoms with E-state index in [0.29, 0.717) is 12.3 Å². The van der Waals surface area contributed by atoms with Crippen LogP contribution in [0.3, 0.4) is 0 Å². The Hall–Kier alpha value is -1.16. The van der Waals surface area contributed by atoms with E-state index in [1.807, 2.05) is 19.2 Å². The first-order valence-electron chi connectivity index (χ1n) is 7.03. The third-order valence-electron chi connectivity index (χ3n) is 4.23. The van der Waals surface area contributed by atoms with E-state index < -0.39 is 0 Å². The van der Waals surface area contributed by atoms with Crippen LogP contribution in [0.1, 0.15) is 51.8 Å². The largest absolute Gasteiger partial charge is 0.393 e. The van der Waals surface area contributed by atoms with Crippen LogP contribution >= 0.6 is 0 Å². The highest BCUT2D eigenvalue weighted by Crippen LogP contribution is 2.43. The molecule has 1 aromatic rings. The van der Waals surface area contributed by atoms with Crippen LogP contribution in [0.4, 0.5) is 0 Å². The second kappa shape index (κ2) is 5.08. The lowest BCUT2D eigenvalue weighted by molar-refractivity contribution is 0.0282. The van der Waals surface area contributed by atoms with Crippen LogP contribution in [-0.4, -0.2) is 20.8 Å². The number of hydrogen-bond donors (Lipinski definition) is 1. The Kier molecular flexibility index (Phi) is 3.81. The van der Waals surface area contributed by atoms with Gasteiger partial charge in [-0.05, 0) is 43.6 Å². The first-order chi connectivity index (χ1) is 8.79. The molecule has 0 amide bonds. The van der Waals surface area contributed by atoms with E-state index in [2.05, 4.69) is 25.8 Å². The second-order valence-electron chi connectivity index (χ2n) is 6.77. The van der Waals surface area contributed by atoms with E-state index in [1.54, 1.807) is 4.57 Å². The van der Waals surface area contributed by atoms with Gasteiger partial charge >= 0.3 is 5.69 Å². The van der Waals surface area contributed by atoms with Crippen molar-refractivity contribution in [3.63, 3.8) is 0 Å². The molecule has 0 spiro atoms. The molecule has 2 rings (SSSR count). The molecule has 0 radical (unpaired) electrons. The van der Waals surface area contributed by atoms with Gasteiger partial charge in [0.05, 0.1) is 6.10 Å². The summed E-state index contributed by atoms with van der Waals surface area (Å²) in [6.45, 7) is 8.43. The zero-order valence-corrected chi connectivity index (χ0v) is 12.3. The SMILES string of the molecule is Cc1ccn(C2CC(O)CCC2C(C)(C)C)c(=O)n1. The van der Waals surface area contributed by atoms with E-state index in [9.17, 15) is 9.90 Å². The van der Waals surface area contributed by atoms with Gasteiger partial charge in [-0.25, -0.2) is 4.79 Å². The van der Waals surface area contributed by atoms with Gasteiger partial charge in [-0.2, -0.15) is 4.98 Å². The van der Waals surface area contributed by atoms with Gasteiger partial charge < -0.3 is 5.11 Å². The molecular formula is C15H24N2O2. The minimum atomic E-state index is -0.309. The molecule has 1 aromatic heterocycles. The predicted octanol–water partition coefficient (Wildman–Crippen LogP) is 2.30. The number of aliphatic hydroxyl groups excluding tert-OH is 1. The van der Waals surface area contributed by atoms with E-state index >= 15 is 0 Å². The minimum absolute atomic E-state index is 0.0457. The Morgan fingerprint density at radius 1 is 1.37 bits per heavy atom. The topological polar surface area (TPSA) is 55.1 Å². The highest BCUT2D eigenvalue weighted by molar-refractivity contribution is 4.99. The lowest BCUT2D eigenvalue weighted by Crippen LogP contribution is -2.41. The summed E-state index contributed by atoms with van der Waals surface area (Å²) in [4.78, 5) is 16.1. The van der Waals surface area contributed by atoms with Crippen LogP contribution in [0.25, 0.3) is 0 Å². The Balaban J connectivity index is 2.40. The Morgan fingerprint density at radius 3 is 2.63 bits per heavy atom. The maximum Gasteiger partial charge on any atom is 0.348 e. The van der Waals surface area contributed by atoms with Crippen molar-refractivity contribution < 1.29 is 5.11 Å². The standard InChI is InChI=1S/C15H24N2O2/c1-10-7-8-17(14(19)16-10)13-9-11(18)5-6-12(13)15(2,3)4/h7-8,11-13,18H,5-6,9H2,1-4H3. The van der Waals surface area contributed by atoms with Gasteiger partial charge in [0.2, 0.25) is 0 Å². The molecule has 1 fully saturated rings. The Morgan fingerprint density at radius 2 is 2.05 bits per heavy atom. The van der Waals surface area contributed by atoms with Gasteiger partial charge in [-0.3, -0.25) is 4.57 Å². The van der Waals surface area contributed by atoms with Crippen molar-refractivity contribution in [1.29, 1.82) is 0 Å². The molecule has 3 atom stereocenters. The number of rotatable bonds is 1. The molecule has 1 N–H and O–H groups in total. The van der Waals surface area contributed by atoms with Crippen molar-refractivity contribution in [2.75, 3.05) is 0 Å². The van der Waals surface area contributed by atoms with Gasteiger partial charge in [0.15, 0.2) is 0 Å². The van der Waals surface area contributed by atoms with Crippen LogP contribution in [0.2, 0.25) is 0 Å². The number of nitrogens with zero attached hydrogens (tertiary/aromatic N) is 2. The van der Waals surface area contributed by atoms with Gasteiger partial charge in [-0.15, -0.1) is 0 Å². The Labute approximate surface area is 114 Å². The first kappa shape index (κ1) is 14.3. The van der Waals surface area contributed by atoms with E-state index in [-0.39, 0.29) is 23.3 Å². The van der Waals surface area contributed by atoms with Gasteiger partial charge in [0.1, 0.15) is 0 Å². The molecule has 1 saturated carbocycles. The van der Waals surface area contributed by atoms with Crippen LogP contribution in [0.5, 0.6) is 0 Å². The normalized spacial score (nSPS) is 28.4. The molecule has 4 heteroatoms. The van der Waals surface area contributed by atoms with Gasteiger partial charge in [-0.1, -0.05) is 20.8 Å². The van der Waals surface area contributed by atoms with E-state index in [4.69, 9.17) is 0 Å². The summed E-state index contributed by atoms with van der Waals surface area (Å²) in [7, 11) is 0. The predicted molar refractivity (Wildman–Crippen MR) is 75.1 cm³/mol. The van der Waals surface area contributed by atoms with E-state index in [1.165, 1.54) is 0 Å². The van der Waals surface area contributed by atoms with Crippen LogP contribution in [-0.2, 0) is 0 Å². The van der Waals surface area contributed by atoms with Crippen molar-refractivity contribution >= 4 is 0 Å². The average molecular weight is 264 g/mol. The summed E-state index contributed by atoms with van der Waals surface area (Å²) in [5, 5.41) is 9.93. The van der Waals surface area contributed by atoms with Crippen molar-refractivity contribution in [2.24, 2.45) is 11.3 Å². The van der Waals surface area contributed by atoms with Crippen molar-refractivity contribution in [1.82, 2.24) is 9.55 Å². The minimum Gasteiger partial charge on any atom is -0.393 e. The van der Waals surface area contributed by atoms with Crippen molar-refractivity contribution in [2.45, 2.75) is 59.1 Å². The smallest absolute Gasteiger partial charge is 0.348 e. The summed E-state index contributed by atoms with van der Waals surface area (Å²) in [5.41, 5.74) is 0.660. The molecule has 3 unspecified atom stereocenters. The number of aromatic nitrogens is 2.